The SMILES string of the molecule is O=c1c(CCl)c(CCN2CCC(CCCc3ccncc3)CC2)[nH]n1-c1ccc(OC(F)(F)F)cc1. The Kier molecular flexibility index (Phi) is 8.74. The van der Waals surface area contributed by atoms with Gasteiger partial charge in [-0.1, -0.05) is 6.42 Å². The van der Waals surface area contributed by atoms with Crippen molar-refractivity contribution in [1.29, 1.82) is 0 Å². The van der Waals surface area contributed by atoms with Crippen molar-refractivity contribution >= 4 is 11.6 Å². The predicted molar refractivity (Wildman–Crippen MR) is 133 cm³/mol. The van der Waals surface area contributed by atoms with Crippen molar-refractivity contribution in [3.8, 4) is 11.4 Å². The molecule has 0 spiro atoms. The molecule has 1 aliphatic heterocycles. The first-order valence-corrected chi connectivity index (χ1v) is 12.7. The standard InChI is InChI=1S/C26H30ClF3N4O2/c27-18-23-24(32-34(25(23)35)21-4-6-22(7-5-21)36-26(28,29)30)12-17-33-15-10-20(11-16-33)3-1-2-19-8-13-31-14-9-19/h4-9,13-14,20,32H,1-3,10-12,15-18H2. The Morgan fingerprint density at radius 3 is 2.39 bits per heavy atom. The van der Waals surface area contributed by atoms with Crippen LogP contribution in [0.1, 0.15) is 42.5 Å². The van der Waals surface area contributed by atoms with Crippen LogP contribution >= 0.6 is 11.6 Å². The fourth-order valence-corrected chi connectivity index (χ4v) is 5.03. The van der Waals surface area contributed by atoms with Crippen LogP contribution in [-0.2, 0) is 18.7 Å². The summed E-state index contributed by atoms with van der Waals surface area (Å²) in [6, 6.07) is 9.31. The molecular weight excluding hydrogens is 493 g/mol. The Morgan fingerprint density at radius 1 is 1.06 bits per heavy atom. The zero-order valence-electron chi connectivity index (χ0n) is 19.9. The van der Waals surface area contributed by atoms with Crippen molar-refractivity contribution in [2.24, 2.45) is 5.92 Å². The van der Waals surface area contributed by atoms with Crippen LogP contribution in [0.3, 0.4) is 0 Å². The first-order chi connectivity index (χ1) is 17.3. The fourth-order valence-electron chi connectivity index (χ4n) is 4.75. The number of benzene rings is 1. The minimum Gasteiger partial charge on any atom is -0.406 e. The van der Waals surface area contributed by atoms with Crippen LogP contribution in [0.2, 0.25) is 0 Å². The summed E-state index contributed by atoms with van der Waals surface area (Å²) < 4.78 is 42.4. The molecule has 0 bridgehead atoms. The number of pyridine rings is 1. The number of aromatic amines is 1. The summed E-state index contributed by atoms with van der Waals surface area (Å²) in [5.74, 6) is 0.461. The normalized spacial score (nSPS) is 15.3. The van der Waals surface area contributed by atoms with Crippen LogP contribution in [0, 0.1) is 5.92 Å². The highest BCUT2D eigenvalue weighted by molar-refractivity contribution is 6.17. The molecule has 1 saturated heterocycles. The van der Waals surface area contributed by atoms with E-state index in [1.807, 2.05) is 12.4 Å². The Labute approximate surface area is 213 Å². The van der Waals surface area contributed by atoms with Gasteiger partial charge >= 0.3 is 6.36 Å². The quantitative estimate of drug-likeness (QED) is 0.358. The van der Waals surface area contributed by atoms with Crippen molar-refractivity contribution < 1.29 is 17.9 Å². The Balaban J connectivity index is 1.28. The summed E-state index contributed by atoms with van der Waals surface area (Å²) in [4.78, 5) is 19.3. The van der Waals surface area contributed by atoms with E-state index in [4.69, 9.17) is 11.6 Å². The van der Waals surface area contributed by atoms with E-state index in [0.29, 0.717) is 17.7 Å². The maximum Gasteiger partial charge on any atom is 0.573 e. The second-order valence-electron chi connectivity index (χ2n) is 9.17. The number of nitrogens with zero attached hydrogens (tertiary/aromatic N) is 3. The van der Waals surface area contributed by atoms with Crippen molar-refractivity contribution in [1.82, 2.24) is 19.7 Å². The molecule has 3 heterocycles. The largest absolute Gasteiger partial charge is 0.573 e. The first kappa shape index (κ1) is 26.3. The smallest absolute Gasteiger partial charge is 0.406 e. The van der Waals surface area contributed by atoms with Crippen LogP contribution in [0.5, 0.6) is 5.75 Å². The number of aryl methyl sites for hydroxylation is 1. The molecule has 3 aromatic rings. The van der Waals surface area contributed by atoms with Gasteiger partial charge in [0.05, 0.1) is 17.1 Å². The van der Waals surface area contributed by atoms with E-state index in [1.54, 1.807) is 0 Å². The zero-order valence-corrected chi connectivity index (χ0v) is 20.7. The number of nitrogens with one attached hydrogen (secondary N) is 1. The number of hydrogen-bond donors (Lipinski definition) is 1. The third kappa shape index (κ3) is 7.13. The number of piperidine rings is 1. The number of hydrogen-bond acceptors (Lipinski definition) is 4. The second-order valence-corrected chi connectivity index (χ2v) is 9.43. The molecule has 0 aliphatic carbocycles. The van der Waals surface area contributed by atoms with E-state index in [1.165, 1.54) is 60.2 Å². The molecule has 194 valence electrons. The summed E-state index contributed by atoms with van der Waals surface area (Å²) in [6.45, 7) is 2.87. The molecule has 1 aliphatic rings. The molecule has 4 rings (SSSR count). The third-order valence-corrected chi connectivity index (χ3v) is 7.01. The van der Waals surface area contributed by atoms with Crippen LogP contribution < -0.4 is 10.3 Å². The maximum absolute atomic E-state index is 12.9. The third-order valence-electron chi connectivity index (χ3n) is 6.75. The van der Waals surface area contributed by atoms with Crippen molar-refractivity contribution in [3.63, 3.8) is 0 Å². The predicted octanol–water partition coefficient (Wildman–Crippen LogP) is 5.48. The van der Waals surface area contributed by atoms with Gasteiger partial charge in [-0.15, -0.1) is 24.8 Å². The minimum absolute atomic E-state index is 0.0620. The number of alkyl halides is 4. The van der Waals surface area contributed by atoms with E-state index < -0.39 is 6.36 Å². The summed E-state index contributed by atoms with van der Waals surface area (Å²) in [6.07, 6.45) is 5.41. The topological polar surface area (TPSA) is 63.2 Å². The van der Waals surface area contributed by atoms with Gasteiger partial charge < -0.3 is 9.64 Å². The summed E-state index contributed by atoms with van der Waals surface area (Å²) in [7, 11) is 0. The highest BCUT2D eigenvalue weighted by atomic mass is 35.5. The number of likely N-dealkylation sites (tertiary alicyclic amines) is 1. The fraction of sp³-hybridized carbons (Fsp3) is 0.462. The molecule has 36 heavy (non-hydrogen) atoms. The molecule has 0 unspecified atom stereocenters. The molecule has 1 N–H and O–H groups in total. The highest BCUT2D eigenvalue weighted by Gasteiger charge is 2.31. The molecule has 0 atom stereocenters. The molecule has 0 radical (unpaired) electrons. The van der Waals surface area contributed by atoms with E-state index in [-0.39, 0.29) is 17.2 Å². The van der Waals surface area contributed by atoms with E-state index in [0.717, 1.165) is 37.7 Å². The Hall–Kier alpha value is -2.78. The zero-order chi connectivity index (χ0) is 25.5. The lowest BCUT2D eigenvalue weighted by Gasteiger charge is -2.32. The Bertz CT molecular complexity index is 1150. The number of H-pyrrole nitrogens is 1. The number of halogens is 4. The average molecular weight is 523 g/mol. The molecular formula is C26H30ClF3N4O2. The van der Waals surface area contributed by atoms with Crippen LogP contribution in [0.4, 0.5) is 13.2 Å². The van der Waals surface area contributed by atoms with Gasteiger partial charge in [0.15, 0.2) is 0 Å². The molecule has 2 aromatic heterocycles. The van der Waals surface area contributed by atoms with Gasteiger partial charge in [0.25, 0.3) is 5.56 Å². The lowest BCUT2D eigenvalue weighted by molar-refractivity contribution is -0.274. The number of ether oxygens (including phenoxy) is 1. The van der Waals surface area contributed by atoms with Crippen LogP contribution in [0.15, 0.2) is 53.6 Å². The molecule has 10 heteroatoms. The molecule has 0 amide bonds. The Morgan fingerprint density at radius 2 is 1.75 bits per heavy atom. The number of rotatable bonds is 10. The lowest BCUT2D eigenvalue weighted by Crippen LogP contribution is -2.35. The highest BCUT2D eigenvalue weighted by Crippen LogP contribution is 2.25. The van der Waals surface area contributed by atoms with Crippen LogP contribution in [0.25, 0.3) is 5.69 Å². The van der Waals surface area contributed by atoms with Gasteiger partial charge in [0.2, 0.25) is 0 Å². The van der Waals surface area contributed by atoms with Gasteiger partial charge in [-0.2, -0.15) is 0 Å². The van der Waals surface area contributed by atoms with Gasteiger partial charge in [-0.3, -0.25) is 14.9 Å². The molecule has 1 aromatic carbocycles. The summed E-state index contributed by atoms with van der Waals surface area (Å²) in [5, 5.41) is 3.10. The first-order valence-electron chi connectivity index (χ1n) is 12.2. The van der Waals surface area contributed by atoms with Gasteiger partial charge in [0, 0.05) is 31.1 Å². The minimum atomic E-state index is -4.77. The van der Waals surface area contributed by atoms with E-state index in [2.05, 4.69) is 31.9 Å². The van der Waals surface area contributed by atoms with E-state index in [9.17, 15) is 18.0 Å². The van der Waals surface area contributed by atoms with Gasteiger partial charge in [-0.25, -0.2) is 4.68 Å². The van der Waals surface area contributed by atoms with Crippen molar-refractivity contribution in [2.75, 3.05) is 19.6 Å². The van der Waals surface area contributed by atoms with E-state index >= 15 is 0 Å². The molecule has 6 nitrogen and oxygen atoms in total. The van der Waals surface area contributed by atoms with Crippen molar-refractivity contribution in [3.05, 3.63) is 76.0 Å². The number of aromatic nitrogens is 3. The average Bonchev–Trinajstić information content (AvgIpc) is 3.19. The molecule has 0 saturated carbocycles. The molecule has 1 fully saturated rings. The monoisotopic (exact) mass is 522 g/mol. The van der Waals surface area contributed by atoms with Crippen LogP contribution in [-0.4, -0.2) is 45.7 Å². The van der Waals surface area contributed by atoms with Gasteiger partial charge in [-0.05, 0) is 86.7 Å². The summed E-state index contributed by atoms with van der Waals surface area (Å²) >= 11 is 6.07. The van der Waals surface area contributed by atoms with Gasteiger partial charge in [0.1, 0.15) is 5.75 Å². The summed E-state index contributed by atoms with van der Waals surface area (Å²) in [5.41, 5.74) is 2.70. The lowest BCUT2D eigenvalue weighted by atomic mass is 9.91. The second kappa shape index (κ2) is 12.0. The van der Waals surface area contributed by atoms with Crippen molar-refractivity contribution in [2.45, 2.75) is 50.8 Å². The maximum atomic E-state index is 12.9.